The van der Waals surface area contributed by atoms with Gasteiger partial charge >= 0.3 is 0 Å². The Hall–Kier alpha value is -0.870. The number of carbonyl (C=O) groups excluding carboxylic acids is 1. The van der Waals surface area contributed by atoms with Gasteiger partial charge in [0.1, 0.15) is 0 Å². The summed E-state index contributed by atoms with van der Waals surface area (Å²) in [6.45, 7) is 10.4. The maximum atomic E-state index is 11.4. The summed E-state index contributed by atoms with van der Waals surface area (Å²) in [4.78, 5) is 16.3. The van der Waals surface area contributed by atoms with Gasteiger partial charge in [-0.2, -0.15) is 0 Å². The highest BCUT2D eigenvalue weighted by Crippen LogP contribution is 2.26. The number of likely N-dealkylation sites (N-methyl/N-ethyl adjacent to an activating group) is 1. The molecule has 0 aliphatic carbocycles. The molecule has 1 fully saturated rings. The molecule has 1 aliphatic rings. The Bertz CT molecular complexity index is 475. The lowest BCUT2D eigenvalue weighted by Crippen LogP contribution is -2.51. The standard InChI is InChI=1S/C15H21BrN2O/c1-4-17-7-8-18(10-11(17)2)13-5-6-14(12(3)19)15(16)9-13/h5-6,9,11H,4,7-8,10H2,1-3H3. The maximum absolute atomic E-state index is 11.4. The van der Waals surface area contributed by atoms with Gasteiger partial charge in [-0.3, -0.25) is 9.69 Å². The molecule has 0 radical (unpaired) electrons. The van der Waals surface area contributed by atoms with Crippen LogP contribution >= 0.6 is 15.9 Å². The van der Waals surface area contributed by atoms with Crippen molar-refractivity contribution in [2.75, 3.05) is 31.1 Å². The summed E-state index contributed by atoms with van der Waals surface area (Å²) in [7, 11) is 0. The molecule has 1 unspecified atom stereocenters. The van der Waals surface area contributed by atoms with E-state index in [9.17, 15) is 4.79 Å². The lowest BCUT2D eigenvalue weighted by molar-refractivity contribution is 0.101. The number of hydrogen-bond acceptors (Lipinski definition) is 3. The number of hydrogen-bond donors (Lipinski definition) is 0. The molecule has 1 aliphatic heterocycles. The van der Waals surface area contributed by atoms with Crippen molar-refractivity contribution in [3.63, 3.8) is 0 Å². The van der Waals surface area contributed by atoms with Crippen molar-refractivity contribution in [2.45, 2.75) is 26.8 Å². The average molecular weight is 325 g/mol. The topological polar surface area (TPSA) is 23.6 Å². The summed E-state index contributed by atoms with van der Waals surface area (Å²) in [5, 5.41) is 0. The predicted octanol–water partition coefficient (Wildman–Crippen LogP) is 3.18. The van der Waals surface area contributed by atoms with E-state index >= 15 is 0 Å². The van der Waals surface area contributed by atoms with Crippen LogP contribution in [0.5, 0.6) is 0 Å². The fourth-order valence-electron chi connectivity index (χ4n) is 2.69. The predicted molar refractivity (Wildman–Crippen MR) is 83.1 cm³/mol. The minimum absolute atomic E-state index is 0.0996. The Morgan fingerprint density at radius 2 is 2.16 bits per heavy atom. The third kappa shape index (κ3) is 3.18. The molecule has 0 saturated carbocycles. The van der Waals surface area contributed by atoms with Gasteiger partial charge in [0.25, 0.3) is 0 Å². The molecule has 0 bridgehead atoms. The number of ketones is 1. The second-order valence-corrected chi connectivity index (χ2v) is 6.00. The van der Waals surface area contributed by atoms with E-state index in [2.05, 4.69) is 51.7 Å². The van der Waals surface area contributed by atoms with Crippen LogP contribution in [0.15, 0.2) is 22.7 Å². The molecule has 1 atom stereocenters. The molecule has 104 valence electrons. The molecule has 0 amide bonds. The zero-order valence-corrected chi connectivity index (χ0v) is 13.4. The van der Waals surface area contributed by atoms with E-state index in [1.807, 2.05) is 6.07 Å². The van der Waals surface area contributed by atoms with E-state index < -0.39 is 0 Å². The molecule has 4 heteroatoms. The van der Waals surface area contributed by atoms with Crippen molar-refractivity contribution in [1.82, 2.24) is 4.90 Å². The number of halogens is 1. The lowest BCUT2D eigenvalue weighted by atomic mass is 10.1. The first-order chi connectivity index (χ1) is 9.02. The molecule has 0 spiro atoms. The monoisotopic (exact) mass is 324 g/mol. The molecule has 2 rings (SSSR count). The van der Waals surface area contributed by atoms with Crippen molar-refractivity contribution in [3.05, 3.63) is 28.2 Å². The quantitative estimate of drug-likeness (QED) is 0.798. The van der Waals surface area contributed by atoms with Crippen molar-refractivity contribution in [3.8, 4) is 0 Å². The Labute approximate surface area is 123 Å². The fourth-order valence-corrected chi connectivity index (χ4v) is 3.33. The van der Waals surface area contributed by atoms with Crippen LogP contribution in [-0.4, -0.2) is 42.9 Å². The minimum atomic E-state index is 0.0996. The van der Waals surface area contributed by atoms with E-state index in [0.717, 1.165) is 36.2 Å². The SMILES string of the molecule is CCN1CCN(c2ccc(C(C)=O)c(Br)c2)CC1C. The minimum Gasteiger partial charge on any atom is -0.369 e. The van der Waals surface area contributed by atoms with E-state index in [1.54, 1.807) is 6.92 Å². The van der Waals surface area contributed by atoms with E-state index in [4.69, 9.17) is 0 Å². The Morgan fingerprint density at radius 3 is 2.68 bits per heavy atom. The lowest BCUT2D eigenvalue weighted by Gasteiger charge is -2.40. The third-order valence-electron chi connectivity index (χ3n) is 3.87. The molecule has 0 N–H and O–H groups in total. The summed E-state index contributed by atoms with van der Waals surface area (Å²) in [6, 6.07) is 6.60. The summed E-state index contributed by atoms with van der Waals surface area (Å²) < 4.78 is 0.892. The van der Waals surface area contributed by atoms with Gasteiger partial charge in [-0.05, 0) is 54.5 Å². The Kier molecular flexibility index (Phi) is 4.63. The van der Waals surface area contributed by atoms with Gasteiger partial charge in [-0.25, -0.2) is 0 Å². The Morgan fingerprint density at radius 1 is 1.42 bits per heavy atom. The maximum Gasteiger partial charge on any atom is 0.160 e. The highest BCUT2D eigenvalue weighted by molar-refractivity contribution is 9.10. The highest BCUT2D eigenvalue weighted by atomic mass is 79.9. The normalized spacial score (nSPS) is 20.6. The van der Waals surface area contributed by atoms with Gasteiger partial charge in [0.05, 0.1) is 0 Å². The van der Waals surface area contributed by atoms with Crippen molar-refractivity contribution < 1.29 is 4.79 Å². The zero-order valence-electron chi connectivity index (χ0n) is 11.8. The van der Waals surface area contributed by atoms with Crippen LogP contribution in [0.4, 0.5) is 5.69 Å². The largest absolute Gasteiger partial charge is 0.369 e. The number of anilines is 1. The van der Waals surface area contributed by atoms with Gasteiger partial charge < -0.3 is 4.90 Å². The van der Waals surface area contributed by atoms with Crippen molar-refractivity contribution >= 4 is 27.4 Å². The van der Waals surface area contributed by atoms with E-state index in [-0.39, 0.29) is 5.78 Å². The number of Topliss-reactive ketones (excluding diaryl/α,β-unsaturated/α-hetero) is 1. The van der Waals surface area contributed by atoms with Crippen LogP contribution < -0.4 is 4.90 Å². The van der Waals surface area contributed by atoms with Crippen LogP contribution in [0.25, 0.3) is 0 Å². The van der Waals surface area contributed by atoms with Crippen LogP contribution in [0.2, 0.25) is 0 Å². The number of carbonyl (C=O) groups is 1. The molecule has 3 nitrogen and oxygen atoms in total. The van der Waals surface area contributed by atoms with Crippen LogP contribution in [-0.2, 0) is 0 Å². The molecule has 19 heavy (non-hydrogen) atoms. The number of piperazine rings is 1. The first kappa shape index (κ1) is 14.5. The molecule has 1 saturated heterocycles. The molecule has 1 aromatic rings. The Balaban J connectivity index is 2.15. The average Bonchev–Trinajstić information content (AvgIpc) is 2.38. The van der Waals surface area contributed by atoms with Crippen LogP contribution in [0.3, 0.4) is 0 Å². The molecular formula is C15H21BrN2O. The van der Waals surface area contributed by atoms with Gasteiger partial charge in [-0.15, -0.1) is 0 Å². The highest BCUT2D eigenvalue weighted by Gasteiger charge is 2.22. The zero-order chi connectivity index (χ0) is 14.0. The van der Waals surface area contributed by atoms with E-state index in [0.29, 0.717) is 6.04 Å². The fraction of sp³-hybridized carbons (Fsp3) is 0.533. The second kappa shape index (κ2) is 6.06. The molecular weight excluding hydrogens is 304 g/mol. The number of nitrogens with zero attached hydrogens (tertiary/aromatic N) is 2. The molecule has 1 aromatic carbocycles. The molecule has 0 aromatic heterocycles. The van der Waals surface area contributed by atoms with Crippen molar-refractivity contribution in [2.24, 2.45) is 0 Å². The number of rotatable bonds is 3. The van der Waals surface area contributed by atoms with Gasteiger partial charge in [-0.1, -0.05) is 6.92 Å². The second-order valence-electron chi connectivity index (χ2n) is 5.14. The third-order valence-corrected chi connectivity index (χ3v) is 4.52. The summed E-state index contributed by atoms with van der Waals surface area (Å²) in [5.41, 5.74) is 1.95. The molecule has 1 heterocycles. The smallest absolute Gasteiger partial charge is 0.160 e. The van der Waals surface area contributed by atoms with Gasteiger partial charge in [0.2, 0.25) is 0 Å². The van der Waals surface area contributed by atoms with Gasteiger partial charge in [0.15, 0.2) is 5.78 Å². The first-order valence-electron chi connectivity index (χ1n) is 6.82. The summed E-state index contributed by atoms with van der Waals surface area (Å²) in [6.07, 6.45) is 0. The number of benzene rings is 1. The summed E-state index contributed by atoms with van der Waals surface area (Å²) in [5.74, 6) is 0.0996. The van der Waals surface area contributed by atoms with Crippen LogP contribution in [0, 0.1) is 0 Å². The van der Waals surface area contributed by atoms with Gasteiger partial charge in [0, 0.05) is 41.4 Å². The van der Waals surface area contributed by atoms with Crippen molar-refractivity contribution in [1.29, 1.82) is 0 Å². The van der Waals surface area contributed by atoms with Crippen LogP contribution in [0.1, 0.15) is 31.1 Å². The first-order valence-corrected chi connectivity index (χ1v) is 7.61. The van der Waals surface area contributed by atoms with E-state index in [1.165, 1.54) is 5.69 Å². The summed E-state index contributed by atoms with van der Waals surface area (Å²) >= 11 is 3.50.